The minimum absolute atomic E-state index is 0.199. The molecular weight excluding hydrogens is 176 g/mol. The van der Waals surface area contributed by atoms with E-state index >= 15 is 0 Å². The Morgan fingerprint density at radius 3 is 3.07 bits per heavy atom. The molecule has 0 amide bonds. The molecule has 1 heterocycles. The van der Waals surface area contributed by atoms with Crippen molar-refractivity contribution >= 4 is 17.0 Å². The van der Waals surface area contributed by atoms with Gasteiger partial charge in [0.25, 0.3) is 0 Å². The van der Waals surface area contributed by atoms with Gasteiger partial charge in [0.2, 0.25) is 0 Å². The quantitative estimate of drug-likeness (QED) is 0.803. The number of fused-ring (bicyclic) bond motifs is 1. The van der Waals surface area contributed by atoms with Crippen molar-refractivity contribution in [2.45, 2.75) is 6.42 Å². The van der Waals surface area contributed by atoms with Crippen LogP contribution in [0.5, 0.6) is 0 Å². The second kappa shape index (κ2) is 4.11. The van der Waals surface area contributed by atoms with Crippen LogP contribution in [0.1, 0.15) is 12.0 Å². The second-order valence-electron chi connectivity index (χ2n) is 3.13. The van der Waals surface area contributed by atoms with Gasteiger partial charge in [-0.1, -0.05) is 18.2 Å². The molecule has 0 saturated heterocycles. The Hall–Kier alpha value is -1.54. The molecule has 0 atom stereocenters. The van der Waals surface area contributed by atoms with Crippen molar-refractivity contribution in [3.05, 3.63) is 42.2 Å². The van der Waals surface area contributed by atoms with Crippen molar-refractivity contribution in [3.8, 4) is 0 Å². The maximum absolute atomic E-state index is 8.62. The lowest BCUT2D eigenvalue weighted by molar-refractivity contribution is 0.303. The predicted octanol–water partition coefficient (Wildman–Crippen LogP) is 2.83. The Kier molecular flexibility index (Phi) is 2.65. The molecule has 1 aromatic heterocycles. The molecule has 1 N–H and O–H groups in total. The zero-order chi connectivity index (χ0) is 9.80. The number of rotatable bonds is 3. The molecule has 14 heavy (non-hydrogen) atoms. The molecule has 72 valence electrons. The number of hydrogen-bond acceptors (Lipinski definition) is 2. The van der Waals surface area contributed by atoms with E-state index in [1.807, 2.05) is 30.4 Å². The first-order valence-electron chi connectivity index (χ1n) is 4.65. The van der Waals surface area contributed by atoms with E-state index in [0.717, 1.165) is 16.5 Å². The van der Waals surface area contributed by atoms with Crippen LogP contribution < -0.4 is 0 Å². The monoisotopic (exact) mass is 188 g/mol. The van der Waals surface area contributed by atoms with Gasteiger partial charge < -0.3 is 9.52 Å². The molecule has 0 bridgehead atoms. The van der Waals surface area contributed by atoms with Crippen molar-refractivity contribution in [1.82, 2.24) is 0 Å². The lowest BCUT2D eigenvalue weighted by Crippen LogP contribution is -1.76. The topological polar surface area (TPSA) is 33.4 Å². The van der Waals surface area contributed by atoms with Gasteiger partial charge in [-0.05, 0) is 30.2 Å². The summed E-state index contributed by atoms with van der Waals surface area (Å²) < 4.78 is 5.23. The van der Waals surface area contributed by atoms with Gasteiger partial charge in [-0.15, -0.1) is 0 Å². The number of aliphatic hydroxyl groups is 1. The van der Waals surface area contributed by atoms with Crippen LogP contribution in [-0.4, -0.2) is 11.7 Å². The van der Waals surface area contributed by atoms with Crippen LogP contribution in [0, 0.1) is 0 Å². The van der Waals surface area contributed by atoms with Gasteiger partial charge in [0.05, 0.1) is 6.26 Å². The van der Waals surface area contributed by atoms with Crippen molar-refractivity contribution in [2.75, 3.05) is 6.61 Å². The third kappa shape index (κ3) is 1.86. The standard InChI is InChI=1S/C12H12O2/c13-7-2-1-3-10-4-5-12-11(9-10)6-8-14-12/h1,3-6,8-9,13H,2,7H2. The highest BCUT2D eigenvalue weighted by molar-refractivity contribution is 5.79. The Balaban J connectivity index is 2.25. The van der Waals surface area contributed by atoms with Crippen molar-refractivity contribution < 1.29 is 9.52 Å². The minimum Gasteiger partial charge on any atom is -0.464 e. The Morgan fingerprint density at radius 2 is 2.21 bits per heavy atom. The molecule has 0 fully saturated rings. The summed E-state index contributed by atoms with van der Waals surface area (Å²) in [5.41, 5.74) is 2.04. The fraction of sp³-hybridized carbons (Fsp3) is 0.167. The highest BCUT2D eigenvalue weighted by atomic mass is 16.3. The molecular formula is C12H12O2. The predicted molar refractivity (Wildman–Crippen MR) is 57.0 cm³/mol. The molecule has 0 aliphatic heterocycles. The van der Waals surface area contributed by atoms with Crippen LogP contribution in [0.25, 0.3) is 17.0 Å². The summed E-state index contributed by atoms with van der Waals surface area (Å²) in [5, 5.41) is 9.72. The number of benzene rings is 1. The fourth-order valence-corrected chi connectivity index (χ4v) is 1.38. The van der Waals surface area contributed by atoms with Gasteiger partial charge in [-0.3, -0.25) is 0 Å². The van der Waals surface area contributed by atoms with E-state index in [0.29, 0.717) is 6.42 Å². The van der Waals surface area contributed by atoms with Crippen molar-refractivity contribution in [2.24, 2.45) is 0 Å². The average molecular weight is 188 g/mol. The second-order valence-corrected chi connectivity index (χ2v) is 3.13. The zero-order valence-electron chi connectivity index (χ0n) is 7.81. The van der Waals surface area contributed by atoms with Crippen LogP contribution in [0.3, 0.4) is 0 Å². The molecule has 2 aromatic rings. The third-order valence-corrected chi connectivity index (χ3v) is 2.08. The molecule has 0 aliphatic rings. The fourth-order valence-electron chi connectivity index (χ4n) is 1.38. The largest absolute Gasteiger partial charge is 0.464 e. The highest BCUT2D eigenvalue weighted by Gasteiger charge is 1.95. The number of furan rings is 1. The van der Waals surface area contributed by atoms with Crippen LogP contribution in [0.4, 0.5) is 0 Å². The molecule has 0 unspecified atom stereocenters. The van der Waals surface area contributed by atoms with Crippen LogP contribution in [0.15, 0.2) is 41.0 Å². The molecule has 2 rings (SSSR count). The third-order valence-electron chi connectivity index (χ3n) is 2.08. The minimum atomic E-state index is 0.199. The molecule has 0 radical (unpaired) electrons. The molecule has 0 spiro atoms. The summed E-state index contributed by atoms with van der Waals surface area (Å²) in [5.74, 6) is 0. The van der Waals surface area contributed by atoms with Crippen molar-refractivity contribution in [1.29, 1.82) is 0 Å². The smallest absolute Gasteiger partial charge is 0.133 e. The number of aliphatic hydroxyl groups excluding tert-OH is 1. The summed E-state index contributed by atoms with van der Waals surface area (Å²) in [6.45, 7) is 0.199. The highest BCUT2D eigenvalue weighted by Crippen LogP contribution is 2.17. The Labute approximate surface area is 82.5 Å². The molecule has 0 saturated carbocycles. The van der Waals surface area contributed by atoms with Gasteiger partial charge in [0, 0.05) is 12.0 Å². The summed E-state index contributed by atoms with van der Waals surface area (Å²) in [6.07, 6.45) is 6.35. The molecule has 1 aromatic carbocycles. The molecule has 2 heteroatoms. The van der Waals surface area contributed by atoms with Crippen LogP contribution in [-0.2, 0) is 0 Å². The van der Waals surface area contributed by atoms with E-state index in [2.05, 4.69) is 6.07 Å². The van der Waals surface area contributed by atoms with Gasteiger partial charge >= 0.3 is 0 Å². The van der Waals surface area contributed by atoms with Gasteiger partial charge in [-0.2, -0.15) is 0 Å². The summed E-state index contributed by atoms with van der Waals surface area (Å²) in [7, 11) is 0. The van der Waals surface area contributed by atoms with Crippen LogP contribution in [0.2, 0.25) is 0 Å². The normalized spacial score (nSPS) is 11.5. The average Bonchev–Trinajstić information content (AvgIpc) is 2.65. The lowest BCUT2D eigenvalue weighted by atomic mass is 10.1. The number of hydrogen-bond donors (Lipinski definition) is 1. The Morgan fingerprint density at radius 1 is 1.29 bits per heavy atom. The van der Waals surface area contributed by atoms with Gasteiger partial charge in [0.15, 0.2) is 0 Å². The Bertz CT molecular complexity index is 440. The van der Waals surface area contributed by atoms with Gasteiger partial charge in [-0.25, -0.2) is 0 Å². The summed E-state index contributed by atoms with van der Waals surface area (Å²) in [4.78, 5) is 0. The maximum Gasteiger partial charge on any atom is 0.133 e. The SMILES string of the molecule is OCCC=Cc1ccc2occc2c1. The molecule has 0 aliphatic carbocycles. The van der Waals surface area contributed by atoms with E-state index in [-0.39, 0.29) is 6.61 Å². The van der Waals surface area contributed by atoms with Gasteiger partial charge in [0.1, 0.15) is 5.58 Å². The lowest BCUT2D eigenvalue weighted by Gasteiger charge is -1.93. The van der Waals surface area contributed by atoms with E-state index in [9.17, 15) is 0 Å². The van der Waals surface area contributed by atoms with E-state index in [4.69, 9.17) is 9.52 Å². The first kappa shape index (κ1) is 9.03. The first-order valence-corrected chi connectivity index (χ1v) is 4.65. The maximum atomic E-state index is 8.62. The zero-order valence-corrected chi connectivity index (χ0v) is 7.81. The summed E-state index contributed by atoms with van der Waals surface area (Å²) >= 11 is 0. The van der Waals surface area contributed by atoms with E-state index in [1.165, 1.54) is 0 Å². The summed E-state index contributed by atoms with van der Waals surface area (Å²) in [6, 6.07) is 7.96. The van der Waals surface area contributed by atoms with Crippen LogP contribution >= 0.6 is 0 Å². The molecule has 2 nitrogen and oxygen atoms in total. The van der Waals surface area contributed by atoms with E-state index < -0.39 is 0 Å². The van der Waals surface area contributed by atoms with E-state index in [1.54, 1.807) is 6.26 Å². The first-order chi connectivity index (χ1) is 6.90. The van der Waals surface area contributed by atoms with Crippen molar-refractivity contribution in [3.63, 3.8) is 0 Å².